The summed E-state index contributed by atoms with van der Waals surface area (Å²) in [6.45, 7) is 0.238. The summed E-state index contributed by atoms with van der Waals surface area (Å²) in [6.07, 6.45) is 4.95. The van der Waals surface area contributed by atoms with Crippen LogP contribution in [-0.4, -0.2) is 37.9 Å². The number of likely N-dealkylation sites (tertiary alicyclic amines) is 1. The predicted molar refractivity (Wildman–Crippen MR) is 86.0 cm³/mol. The molecule has 0 aliphatic carbocycles. The number of hydrogen-bond acceptors (Lipinski definition) is 3. The van der Waals surface area contributed by atoms with Crippen LogP contribution in [0.2, 0.25) is 0 Å². The molecule has 4 rings (SSSR count). The molecule has 0 unspecified atom stereocenters. The molecule has 3 heterocycles. The Morgan fingerprint density at radius 3 is 3.00 bits per heavy atom. The number of aliphatic hydroxyl groups excluding tert-OH is 1. The van der Waals surface area contributed by atoms with E-state index in [4.69, 9.17) is 0 Å². The van der Waals surface area contributed by atoms with E-state index in [0.29, 0.717) is 17.5 Å². The van der Waals surface area contributed by atoms with Gasteiger partial charge in [0.15, 0.2) is 0 Å². The van der Waals surface area contributed by atoms with E-state index in [9.17, 15) is 14.3 Å². The highest BCUT2D eigenvalue weighted by Gasteiger charge is 2.36. The largest absolute Gasteiger partial charge is 0.391 e. The minimum absolute atomic E-state index is 0.184. The standard InChI is InChI=1S/C18H16FN3O2/c19-14-3-1-2-12(8-14)16-9-15(23)11-22(16)18(24)13-4-5-17-20-6-7-21(17)10-13/h1-8,10,15-16,23H,9,11H2/t15-,16+/m0/s1. The van der Waals surface area contributed by atoms with Crippen molar-refractivity contribution in [2.75, 3.05) is 6.54 Å². The van der Waals surface area contributed by atoms with Crippen molar-refractivity contribution < 1.29 is 14.3 Å². The number of imidazole rings is 1. The van der Waals surface area contributed by atoms with Gasteiger partial charge in [-0.25, -0.2) is 9.37 Å². The lowest BCUT2D eigenvalue weighted by atomic mass is 10.0. The lowest BCUT2D eigenvalue weighted by Gasteiger charge is -2.25. The molecule has 0 saturated carbocycles. The second-order valence-electron chi connectivity index (χ2n) is 6.03. The van der Waals surface area contributed by atoms with Crippen LogP contribution in [-0.2, 0) is 0 Å². The lowest BCUT2D eigenvalue weighted by molar-refractivity contribution is 0.0715. The highest BCUT2D eigenvalue weighted by atomic mass is 19.1. The number of benzene rings is 1. The van der Waals surface area contributed by atoms with Gasteiger partial charge in [0.25, 0.3) is 5.91 Å². The Balaban J connectivity index is 1.68. The van der Waals surface area contributed by atoms with Gasteiger partial charge in [-0.2, -0.15) is 0 Å². The average Bonchev–Trinajstić information content (AvgIpc) is 3.19. The van der Waals surface area contributed by atoms with Crippen molar-refractivity contribution in [1.29, 1.82) is 0 Å². The first kappa shape index (κ1) is 14.8. The van der Waals surface area contributed by atoms with Crippen LogP contribution in [0.1, 0.15) is 28.4 Å². The van der Waals surface area contributed by atoms with E-state index < -0.39 is 6.10 Å². The van der Waals surface area contributed by atoms with Gasteiger partial charge in [0, 0.05) is 25.1 Å². The van der Waals surface area contributed by atoms with Crippen LogP contribution in [0.5, 0.6) is 0 Å². The highest BCUT2D eigenvalue weighted by molar-refractivity contribution is 5.94. The van der Waals surface area contributed by atoms with Crippen molar-refractivity contribution in [2.24, 2.45) is 0 Å². The van der Waals surface area contributed by atoms with Crippen LogP contribution in [0.25, 0.3) is 5.65 Å². The zero-order valence-corrected chi connectivity index (χ0v) is 12.8. The summed E-state index contributed by atoms with van der Waals surface area (Å²) in [5, 5.41) is 10.0. The molecule has 2 atom stereocenters. The number of amides is 1. The molecule has 1 fully saturated rings. The molecule has 0 spiro atoms. The third kappa shape index (κ3) is 2.55. The molecular weight excluding hydrogens is 309 g/mol. The maximum Gasteiger partial charge on any atom is 0.255 e. The molecule has 3 aromatic rings. The van der Waals surface area contributed by atoms with E-state index in [-0.39, 0.29) is 24.3 Å². The molecule has 24 heavy (non-hydrogen) atoms. The van der Waals surface area contributed by atoms with Crippen LogP contribution >= 0.6 is 0 Å². The minimum atomic E-state index is -0.612. The van der Waals surface area contributed by atoms with E-state index in [1.165, 1.54) is 12.1 Å². The second kappa shape index (κ2) is 5.72. The fourth-order valence-electron chi connectivity index (χ4n) is 3.28. The number of carbonyl (C=O) groups is 1. The van der Waals surface area contributed by atoms with Crippen LogP contribution in [0.3, 0.4) is 0 Å². The number of hydrogen-bond donors (Lipinski definition) is 1. The zero-order chi connectivity index (χ0) is 16.7. The number of fused-ring (bicyclic) bond motifs is 1. The molecule has 1 aliphatic rings. The molecule has 1 saturated heterocycles. The van der Waals surface area contributed by atoms with Gasteiger partial charge in [-0.1, -0.05) is 12.1 Å². The topological polar surface area (TPSA) is 57.8 Å². The highest BCUT2D eigenvalue weighted by Crippen LogP contribution is 2.33. The zero-order valence-electron chi connectivity index (χ0n) is 12.8. The molecule has 1 aliphatic heterocycles. The lowest BCUT2D eigenvalue weighted by Crippen LogP contribution is -2.32. The summed E-state index contributed by atoms with van der Waals surface area (Å²) in [4.78, 5) is 18.7. The van der Waals surface area contributed by atoms with Crippen molar-refractivity contribution in [3.8, 4) is 0 Å². The number of aliphatic hydroxyl groups is 1. The van der Waals surface area contributed by atoms with Gasteiger partial charge in [-0.15, -0.1) is 0 Å². The predicted octanol–water partition coefficient (Wildman–Crippen LogP) is 2.42. The smallest absolute Gasteiger partial charge is 0.255 e. The van der Waals surface area contributed by atoms with Crippen LogP contribution in [0.4, 0.5) is 4.39 Å². The molecule has 6 heteroatoms. The van der Waals surface area contributed by atoms with E-state index in [1.54, 1.807) is 52.2 Å². The van der Waals surface area contributed by atoms with Gasteiger partial charge < -0.3 is 14.4 Å². The fourth-order valence-corrected chi connectivity index (χ4v) is 3.28. The van der Waals surface area contributed by atoms with Crippen LogP contribution in [0.15, 0.2) is 55.0 Å². The Morgan fingerprint density at radius 2 is 2.17 bits per heavy atom. The van der Waals surface area contributed by atoms with Gasteiger partial charge in [-0.3, -0.25) is 4.79 Å². The first-order valence-corrected chi connectivity index (χ1v) is 7.79. The normalized spacial score (nSPS) is 20.7. The number of pyridine rings is 1. The molecule has 1 aromatic carbocycles. The molecular formula is C18H16FN3O2. The van der Waals surface area contributed by atoms with Crippen molar-refractivity contribution in [3.05, 3.63) is 71.9 Å². The van der Waals surface area contributed by atoms with E-state index in [0.717, 1.165) is 5.65 Å². The summed E-state index contributed by atoms with van der Waals surface area (Å²) in [5.74, 6) is -0.530. The van der Waals surface area contributed by atoms with Crippen LogP contribution in [0, 0.1) is 5.82 Å². The third-order valence-corrected chi connectivity index (χ3v) is 4.41. The Morgan fingerprint density at radius 1 is 1.29 bits per heavy atom. The third-order valence-electron chi connectivity index (χ3n) is 4.41. The van der Waals surface area contributed by atoms with Gasteiger partial charge in [0.05, 0.1) is 17.7 Å². The number of rotatable bonds is 2. The molecule has 5 nitrogen and oxygen atoms in total. The molecule has 2 aromatic heterocycles. The summed E-state index contributed by atoms with van der Waals surface area (Å²) < 4.78 is 15.3. The van der Waals surface area contributed by atoms with E-state index in [1.807, 2.05) is 0 Å². The minimum Gasteiger partial charge on any atom is -0.391 e. The van der Waals surface area contributed by atoms with Crippen molar-refractivity contribution in [2.45, 2.75) is 18.6 Å². The maximum absolute atomic E-state index is 13.5. The van der Waals surface area contributed by atoms with Gasteiger partial charge in [0.2, 0.25) is 0 Å². The quantitative estimate of drug-likeness (QED) is 0.787. The Labute approximate surface area is 138 Å². The SMILES string of the molecule is O=C(c1ccc2nccn2c1)N1C[C@@H](O)C[C@@H]1c1cccc(F)c1. The summed E-state index contributed by atoms with van der Waals surface area (Å²) in [6, 6.07) is 9.35. The molecule has 0 bridgehead atoms. The molecule has 1 amide bonds. The van der Waals surface area contributed by atoms with Crippen LogP contribution < -0.4 is 0 Å². The summed E-state index contributed by atoms with van der Waals surface area (Å²) in [5.41, 5.74) is 1.97. The monoisotopic (exact) mass is 325 g/mol. The first-order chi connectivity index (χ1) is 11.6. The number of aromatic nitrogens is 2. The van der Waals surface area contributed by atoms with Gasteiger partial charge in [0.1, 0.15) is 11.5 Å². The molecule has 122 valence electrons. The van der Waals surface area contributed by atoms with E-state index in [2.05, 4.69) is 4.98 Å². The number of halogens is 1. The van der Waals surface area contributed by atoms with Crippen molar-refractivity contribution in [3.63, 3.8) is 0 Å². The summed E-state index contributed by atoms with van der Waals surface area (Å²) >= 11 is 0. The molecule has 1 N–H and O–H groups in total. The van der Waals surface area contributed by atoms with Gasteiger partial charge in [-0.05, 0) is 36.2 Å². The number of carbonyl (C=O) groups excluding carboxylic acids is 1. The average molecular weight is 325 g/mol. The Kier molecular flexibility index (Phi) is 3.54. The Bertz CT molecular complexity index is 908. The second-order valence-corrected chi connectivity index (χ2v) is 6.03. The number of nitrogens with zero attached hydrogens (tertiary/aromatic N) is 3. The maximum atomic E-state index is 13.5. The number of β-amino-alcohol motifs (C(OH)–C–C–N with tert-alkyl or cyclic N) is 1. The first-order valence-electron chi connectivity index (χ1n) is 7.79. The van der Waals surface area contributed by atoms with Gasteiger partial charge >= 0.3 is 0 Å². The van der Waals surface area contributed by atoms with E-state index >= 15 is 0 Å². The fraction of sp³-hybridized carbons (Fsp3) is 0.222. The van der Waals surface area contributed by atoms with Crippen molar-refractivity contribution >= 4 is 11.6 Å². The summed E-state index contributed by atoms with van der Waals surface area (Å²) in [7, 11) is 0. The molecule has 0 radical (unpaired) electrons. The Hall–Kier alpha value is -2.73. The van der Waals surface area contributed by atoms with Crippen molar-refractivity contribution in [1.82, 2.24) is 14.3 Å².